The molecule has 0 bridgehead atoms. The van der Waals surface area contributed by atoms with E-state index in [9.17, 15) is 5.11 Å². The Morgan fingerprint density at radius 1 is 1.21 bits per heavy atom. The lowest BCUT2D eigenvalue weighted by molar-refractivity contribution is -0.142. The summed E-state index contributed by atoms with van der Waals surface area (Å²) in [5, 5.41) is 10.6. The highest BCUT2D eigenvalue weighted by Crippen LogP contribution is 2.28. The lowest BCUT2D eigenvalue weighted by Gasteiger charge is -2.28. The summed E-state index contributed by atoms with van der Waals surface area (Å²) in [6.07, 6.45) is 1.02. The van der Waals surface area contributed by atoms with E-state index >= 15 is 0 Å². The third-order valence-electron chi connectivity index (χ3n) is 3.28. The molecule has 0 amide bonds. The van der Waals surface area contributed by atoms with Gasteiger partial charge in [-0.25, -0.2) is 0 Å². The van der Waals surface area contributed by atoms with Crippen molar-refractivity contribution in [2.24, 2.45) is 5.92 Å². The fourth-order valence-corrected chi connectivity index (χ4v) is 2.21. The molecule has 0 radical (unpaired) electrons. The standard InChI is InChI=1S/C16H26O3/c1-12(2)9-13-7-6-8-14(10-13)16(3,17)11-15(18-4)19-5/h6-8,10,12,15,17H,9,11H2,1-5H3. The van der Waals surface area contributed by atoms with Crippen LogP contribution in [-0.4, -0.2) is 25.6 Å². The number of methoxy groups -OCH3 is 2. The second-order valence-corrected chi connectivity index (χ2v) is 5.68. The molecule has 0 saturated heterocycles. The Morgan fingerprint density at radius 2 is 1.84 bits per heavy atom. The Balaban J connectivity index is 2.87. The molecule has 0 aliphatic rings. The molecule has 0 saturated carbocycles. The molecule has 1 rings (SSSR count). The molecule has 0 heterocycles. The largest absolute Gasteiger partial charge is 0.385 e. The maximum absolute atomic E-state index is 10.6. The zero-order chi connectivity index (χ0) is 14.5. The maximum Gasteiger partial charge on any atom is 0.159 e. The van der Waals surface area contributed by atoms with Crippen molar-refractivity contribution in [2.75, 3.05) is 14.2 Å². The Bertz CT molecular complexity index is 381. The van der Waals surface area contributed by atoms with Crippen molar-refractivity contribution < 1.29 is 14.6 Å². The van der Waals surface area contributed by atoms with Crippen LogP contribution in [0.4, 0.5) is 0 Å². The van der Waals surface area contributed by atoms with E-state index in [1.54, 1.807) is 21.1 Å². The van der Waals surface area contributed by atoms with Gasteiger partial charge in [-0.2, -0.15) is 0 Å². The van der Waals surface area contributed by atoms with Gasteiger partial charge in [0.2, 0.25) is 0 Å². The highest BCUT2D eigenvalue weighted by Gasteiger charge is 2.27. The van der Waals surface area contributed by atoms with E-state index in [-0.39, 0.29) is 0 Å². The van der Waals surface area contributed by atoms with Crippen LogP contribution in [0.1, 0.15) is 38.3 Å². The van der Waals surface area contributed by atoms with Crippen LogP contribution in [0.15, 0.2) is 24.3 Å². The SMILES string of the molecule is COC(CC(C)(O)c1cccc(CC(C)C)c1)OC. The minimum atomic E-state index is -0.955. The lowest BCUT2D eigenvalue weighted by atomic mass is 9.89. The third kappa shape index (κ3) is 4.94. The van der Waals surface area contributed by atoms with E-state index in [1.165, 1.54) is 5.56 Å². The van der Waals surface area contributed by atoms with Crippen LogP contribution in [0, 0.1) is 5.92 Å². The second kappa shape index (κ2) is 7.04. The molecule has 0 spiro atoms. The summed E-state index contributed by atoms with van der Waals surface area (Å²) in [6, 6.07) is 8.12. The molecular formula is C16H26O3. The second-order valence-electron chi connectivity index (χ2n) is 5.68. The molecule has 1 atom stereocenters. The average Bonchev–Trinajstić information content (AvgIpc) is 2.35. The summed E-state index contributed by atoms with van der Waals surface area (Å²) in [5.74, 6) is 0.603. The highest BCUT2D eigenvalue weighted by molar-refractivity contribution is 5.28. The van der Waals surface area contributed by atoms with Crippen molar-refractivity contribution in [3.05, 3.63) is 35.4 Å². The van der Waals surface area contributed by atoms with E-state index in [1.807, 2.05) is 12.1 Å². The molecule has 1 aromatic rings. The lowest BCUT2D eigenvalue weighted by Crippen LogP contribution is -2.29. The Labute approximate surface area is 116 Å². The van der Waals surface area contributed by atoms with Gasteiger partial charge in [-0.05, 0) is 30.4 Å². The van der Waals surface area contributed by atoms with Crippen molar-refractivity contribution in [3.8, 4) is 0 Å². The molecule has 1 unspecified atom stereocenters. The van der Waals surface area contributed by atoms with Crippen molar-refractivity contribution in [2.45, 2.75) is 45.5 Å². The van der Waals surface area contributed by atoms with Gasteiger partial charge in [-0.15, -0.1) is 0 Å². The molecule has 3 heteroatoms. The molecule has 0 aromatic heterocycles. The van der Waals surface area contributed by atoms with Crippen LogP contribution < -0.4 is 0 Å². The summed E-state index contributed by atoms with van der Waals surface area (Å²) in [4.78, 5) is 0. The van der Waals surface area contributed by atoms with Crippen LogP contribution in [0.5, 0.6) is 0 Å². The van der Waals surface area contributed by atoms with Crippen LogP contribution in [0.25, 0.3) is 0 Å². The molecule has 0 aliphatic heterocycles. The Hall–Kier alpha value is -0.900. The molecular weight excluding hydrogens is 240 g/mol. The molecule has 108 valence electrons. The van der Waals surface area contributed by atoms with E-state index in [4.69, 9.17) is 9.47 Å². The van der Waals surface area contributed by atoms with E-state index < -0.39 is 11.9 Å². The average molecular weight is 266 g/mol. The third-order valence-corrected chi connectivity index (χ3v) is 3.28. The summed E-state index contributed by atoms with van der Waals surface area (Å²) in [7, 11) is 3.17. The van der Waals surface area contributed by atoms with E-state index in [0.717, 1.165) is 12.0 Å². The first-order valence-corrected chi connectivity index (χ1v) is 6.76. The van der Waals surface area contributed by atoms with Crippen molar-refractivity contribution in [3.63, 3.8) is 0 Å². The first-order valence-electron chi connectivity index (χ1n) is 6.76. The first kappa shape index (κ1) is 16.2. The van der Waals surface area contributed by atoms with Gasteiger partial charge in [0, 0.05) is 20.6 Å². The quantitative estimate of drug-likeness (QED) is 0.771. The fraction of sp³-hybridized carbons (Fsp3) is 0.625. The van der Waals surface area contributed by atoms with E-state index in [2.05, 4.69) is 26.0 Å². The topological polar surface area (TPSA) is 38.7 Å². The van der Waals surface area contributed by atoms with Crippen LogP contribution in [-0.2, 0) is 21.5 Å². The van der Waals surface area contributed by atoms with Crippen LogP contribution >= 0.6 is 0 Å². The smallest absolute Gasteiger partial charge is 0.159 e. The molecule has 1 N–H and O–H groups in total. The van der Waals surface area contributed by atoms with Gasteiger partial charge in [0.15, 0.2) is 6.29 Å². The molecule has 0 aliphatic carbocycles. The minimum absolute atomic E-state index is 0.399. The van der Waals surface area contributed by atoms with Gasteiger partial charge in [0.25, 0.3) is 0 Å². The molecule has 19 heavy (non-hydrogen) atoms. The fourth-order valence-electron chi connectivity index (χ4n) is 2.21. The van der Waals surface area contributed by atoms with Gasteiger partial charge in [0.1, 0.15) is 0 Å². The summed E-state index contributed by atoms with van der Waals surface area (Å²) in [5.41, 5.74) is 1.20. The first-order chi connectivity index (χ1) is 8.89. The molecule has 1 aromatic carbocycles. The summed E-state index contributed by atoms with van der Waals surface area (Å²) in [6.45, 7) is 6.18. The zero-order valence-corrected chi connectivity index (χ0v) is 12.6. The molecule has 3 nitrogen and oxygen atoms in total. The van der Waals surface area contributed by atoms with Crippen LogP contribution in [0.3, 0.4) is 0 Å². The van der Waals surface area contributed by atoms with Crippen molar-refractivity contribution in [1.29, 1.82) is 0 Å². The summed E-state index contributed by atoms with van der Waals surface area (Å²) >= 11 is 0. The van der Waals surface area contributed by atoms with Crippen molar-refractivity contribution in [1.82, 2.24) is 0 Å². The predicted octanol–water partition coefficient (Wildman–Crippen LogP) is 3.10. The summed E-state index contributed by atoms with van der Waals surface area (Å²) < 4.78 is 10.3. The molecule has 0 fully saturated rings. The van der Waals surface area contributed by atoms with Crippen molar-refractivity contribution >= 4 is 0 Å². The zero-order valence-electron chi connectivity index (χ0n) is 12.6. The number of ether oxygens (including phenoxy) is 2. The number of aliphatic hydroxyl groups is 1. The predicted molar refractivity (Wildman–Crippen MR) is 77.0 cm³/mol. The number of benzene rings is 1. The van der Waals surface area contributed by atoms with Gasteiger partial charge < -0.3 is 14.6 Å². The van der Waals surface area contributed by atoms with Gasteiger partial charge >= 0.3 is 0 Å². The van der Waals surface area contributed by atoms with Crippen LogP contribution in [0.2, 0.25) is 0 Å². The number of hydrogen-bond acceptors (Lipinski definition) is 3. The monoisotopic (exact) mass is 266 g/mol. The number of rotatable bonds is 7. The van der Waals surface area contributed by atoms with Gasteiger partial charge in [-0.1, -0.05) is 38.1 Å². The van der Waals surface area contributed by atoms with E-state index in [0.29, 0.717) is 12.3 Å². The maximum atomic E-state index is 10.6. The van der Waals surface area contributed by atoms with Gasteiger partial charge in [0.05, 0.1) is 5.60 Å². The minimum Gasteiger partial charge on any atom is -0.385 e. The number of hydrogen-bond donors (Lipinski definition) is 1. The Morgan fingerprint density at radius 3 is 2.37 bits per heavy atom. The normalized spacial score (nSPS) is 14.9. The Kier molecular flexibility index (Phi) is 5.98. The van der Waals surface area contributed by atoms with Gasteiger partial charge in [-0.3, -0.25) is 0 Å². The highest BCUT2D eigenvalue weighted by atomic mass is 16.7.